The van der Waals surface area contributed by atoms with E-state index in [1.165, 1.54) is 0 Å². The average Bonchev–Trinajstić information content (AvgIpc) is 3.17. The summed E-state index contributed by atoms with van der Waals surface area (Å²) in [6, 6.07) is 8.60. The van der Waals surface area contributed by atoms with Crippen molar-refractivity contribution in [2.45, 2.75) is 58.3 Å². The number of furan rings is 1. The molecule has 0 saturated heterocycles. The summed E-state index contributed by atoms with van der Waals surface area (Å²) in [6.45, 7) is 6.10. The van der Waals surface area contributed by atoms with E-state index in [0.717, 1.165) is 32.1 Å². The number of ether oxygens (including phenoxy) is 1. The lowest BCUT2D eigenvalue weighted by Crippen LogP contribution is -2.09. The Morgan fingerprint density at radius 3 is 2.43 bits per heavy atom. The fourth-order valence-corrected chi connectivity index (χ4v) is 5.00. The van der Waals surface area contributed by atoms with Crippen LogP contribution >= 0.6 is 31.9 Å². The van der Waals surface area contributed by atoms with E-state index in [4.69, 9.17) is 14.9 Å². The van der Waals surface area contributed by atoms with Gasteiger partial charge in [0.2, 0.25) is 5.91 Å². The zero-order valence-corrected chi connectivity index (χ0v) is 22.8. The predicted molar refractivity (Wildman–Crippen MR) is 144 cm³/mol. The number of unbranched alkanes of at least 4 members (excludes halogenated alkanes) is 3. The number of allylic oxidation sites excluding steroid dienone is 1. The Hall–Kier alpha value is -2.58. The third-order valence-electron chi connectivity index (χ3n) is 5.64. The second-order valence-electron chi connectivity index (χ2n) is 8.45. The minimum Gasteiger partial charge on any atom is -0.506 e. The maximum atomic E-state index is 13.6. The fourth-order valence-electron chi connectivity index (χ4n) is 3.81. The maximum absolute atomic E-state index is 13.6. The van der Waals surface area contributed by atoms with Gasteiger partial charge in [0.25, 0.3) is 0 Å². The molecule has 0 aliphatic heterocycles. The molecule has 0 atom stereocenters. The first kappa shape index (κ1) is 27.0. The van der Waals surface area contributed by atoms with Gasteiger partial charge in [0.1, 0.15) is 22.8 Å². The van der Waals surface area contributed by atoms with E-state index in [9.17, 15) is 14.7 Å². The van der Waals surface area contributed by atoms with Gasteiger partial charge in [-0.05, 0) is 75.4 Å². The van der Waals surface area contributed by atoms with E-state index in [1.807, 2.05) is 12.1 Å². The molecule has 0 saturated carbocycles. The Kier molecular flexibility index (Phi) is 9.57. The van der Waals surface area contributed by atoms with Crippen molar-refractivity contribution < 1.29 is 23.8 Å². The van der Waals surface area contributed by atoms with Gasteiger partial charge in [-0.25, -0.2) is 0 Å². The Bertz CT molecular complexity index is 1220. The highest BCUT2D eigenvalue weighted by Gasteiger charge is 2.24. The molecule has 6 nitrogen and oxygen atoms in total. The predicted octanol–water partition coefficient (Wildman–Crippen LogP) is 7.57. The van der Waals surface area contributed by atoms with Crippen molar-refractivity contribution >= 4 is 54.5 Å². The Morgan fingerprint density at radius 2 is 1.77 bits per heavy atom. The number of halogens is 2. The van der Waals surface area contributed by atoms with Crippen molar-refractivity contribution in [1.82, 2.24) is 0 Å². The van der Waals surface area contributed by atoms with Gasteiger partial charge in [-0.2, -0.15) is 0 Å². The first-order chi connectivity index (χ1) is 16.7. The van der Waals surface area contributed by atoms with Crippen LogP contribution in [0.4, 0.5) is 0 Å². The SMILES string of the molecule is C=C(CCCC)Oc1ccc2c(C(=O)c3cc(Br)c(O)c(Br)c3)c(CCCCCC(N)=O)oc2c1. The Labute approximate surface area is 221 Å². The minimum absolute atomic E-state index is 0.0263. The van der Waals surface area contributed by atoms with E-state index in [1.54, 1.807) is 18.2 Å². The second kappa shape index (κ2) is 12.4. The molecule has 1 aromatic heterocycles. The number of carbonyl (C=O) groups excluding carboxylic acids is 2. The van der Waals surface area contributed by atoms with Gasteiger partial charge in [0.15, 0.2) is 5.78 Å². The number of aryl methyl sites for hydroxylation is 1. The van der Waals surface area contributed by atoms with Gasteiger partial charge in [0, 0.05) is 36.3 Å². The highest BCUT2D eigenvalue weighted by molar-refractivity contribution is 9.11. The Balaban J connectivity index is 1.95. The van der Waals surface area contributed by atoms with Crippen LogP contribution < -0.4 is 10.5 Å². The minimum atomic E-state index is -0.318. The number of benzene rings is 2. The lowest BCUT2D eigenvalue weighted by molar-refractivity contribution is -0.118. The third-order valence-corrected chi connectivity index (χ3v) is 6.85. The smallest absolute Gasteiger partial charge is 0.217 e. The maximum Gasteiger partial charge on any atom is 0.217 e. The standard InChI is InChI=1S/C27H29Br2NO5/c1-3-4-8-16(2)34-18-11-12-19-23(15-18)35-22(9-6-5-7-10-24(30)31)25(19)26(32)17-13-20(28)27(33)21(29)14-17/h11-15,33H,2-10H2,1H3,(H2,30,31). The second-order valence-corrected chi connectivity index (χ2v) is 10.2. The van der Waals surface area contributed by atoms with Gasteiger partial charge in [-0.3, -0.25) is 9.59 Å². The molecule has 0 radical (unpaired) electrons. The molecule has 186 valence electrons. The van der Waals surface area contributed by atoms with E-state index >= 15 is 0 Å². The number of rotatable bonds is 13. The van der Waals surface area contributed by atoms with Gasteiger partial charge in [-0.1, -0.05) is 26.3 Å². The third kappa shape index (κ3) is 6.98. The van der Waals surface area contributed by atoms with Crippen LogP contribution in [0.3, 0.4) is 0 Å². The summed E-state index contributed by atoms with van der Waals surface area (Å²) in [5, 5.41) is 10.7. The summed E-state index contributed by atoms with van der Waals surface area (Å²) in [7, 11) is 0. The van der Waals surface area contributed by atoms with E-state index in [2.05, 4.69) is 45.4 Å². The number of aromatic hydroxyl groups is 1. The number of amides is 1. The highest BCUT2D eigenvalue weighted by Crippen LogP contribution is 2.37. The van der Waals surface area contributed by atoms with Crippen LogP contribution in [0.2, 0.25) is 0 Å². The number of phenolic OH excluding ortho intramolecular Hbond substituents is 1. The van der Waals surface area contributed by atoms with Crippen LogP contribution in [-0.2, 0) is 11.2 Å². The molecule has 2 aromatic carbocycles. The van der Waals surface area contributed by atoms with Crippen molar-refractivity contribution in [2.75, 3.05) is 0 Å². The molecule has 0 fully saturated rings. The quantitative estimate of drug-likeness (QED) is 0.119. The summed E-state index contributed by atoms with van der Waals surface area (Å²) >= 11 is 6.60. The largest absolute Gasteiger partial charge is 0.506 e. The average molecular weight is 607 g/mol. The van der Waals surface area contributed by atoms with Crippen LogP contribution in [0.1, 0.15) is 73.6 Å². The van der Waals surface area contributed by atoms with Crippen LogP contribution in [0.5, 0.6) is 11.5 Å². The molecule has 0 unspecified atom stereocenters. The van der Waals surface area contributed by atoms with Crippen molar-refractivity contribution in [3.63, 3.8) is 0 Å². The molecule has 0 bridgehead atoms. The zero-order chi connectivity index (χ0) is 25.5. The van der Waals surface area contributed by atoms with Crippen molar-refractivity contribution in [1.29, 1.82) is 0 Å². The first-order valence-electron chi connectivity index (χ1n) is 11.6. The van der Waals surface area contributed by atoms with Gasteiger partial charge >= 0.3 is 0 Å². The molecule has 35 heavy (non-hydrogen) atoms. The number of carbonyl (C=O) groups is 2. The number of hydrogen-bond donors (Lipinski definition) is 2. The molecule has 3 aromatic rings. The van der Waals surface area contributed by atoms with Gasteiger partial charge in [0.05, 0.1) is 20.3 Å². The summed E-state index contributed by atoms with van der Waals surface area (Å²) in [6.07, 6.45) is 5.92. The summed E-state index contributed by atoms with van der Waals surface area (Å²) < 4.78 is 12.9. The molecule has 1 heterocycles. The first-order valence-corrected chi connectivity index (χ1v) is 13.2. The van der Waals surface area contributed by atoms with Crippen LogP contribution in [0, 0.1) is 0 Å². The van der Waals surface area contributed by atoms with E-state index in [-0.39, 0.29) is 17.4 Å². The number of nitrogens with two attached hydrogens (primary N) is 1. The molecule has 0 spiro atoms. The molecule has 3 rings (SSSR count). The topological polar surface area (TPSA) is 103 Å². The lowest BCUT2D eigenvalue weighted by Gasteiger charge is -2.08. The van der Waals surface area contributed by atoms with Gasteiger partial charge < -0.3 is 20.0 Å². The molecule has 0 aliphatic rings. The summed E-state index contributed by atoms with van der Waals surface area (Å²) in [5.74, 6) is 1.36. The molecule has 8 heteroatoms. The van der Waals surface area contributed by atoms with Crippen LogP contribution in [0.25, 0.3) is 11.0 Å². The number of hydrogen-bond acceptors (Lipinski definition) is 5. The highest BCUT2D eigenvalue weighted by atomic mass is 79.9. The lowest BCUT2D eigenvalue weighted by atomic mass is 9.98. The number of phenols is 1. The molecular weight excluding hydrogens is 578 g/mol. The molecule has 3 N–H and O–H groups in total. The Morgan fingerprint density at radius 1 is 1.06 bits per heavy atom. The zero-order valence-electron chi connectivity index (χ0n) is 19.7. The number of primary amides is 1. The molecular formula is C27H29Br2NO5. The van der Waals surface area contributed by atoms with Crippen LogP contribution in [0.15, 0.2) is 56.0 Å². The van der Waals surface area contributed by atoms with Gasteiger partial charge in [-0.15, -0.1) is 0 Å². The fraction of sp³-hybridized carbons (Fsp3) is 0.333. The number of ketones is 1. The molecule has 0 aliphatic carbocycles. The normalized spacial score (nSPS) is 11.1. The van der Waals surface area contributed by atoms with Crippen molar-refractivity contribution in [3.8, 4) is 11.5 Å². The summed E-state index contributed by atoms with van der Waals surface area (Å²) in [4.78, 5) is 24.6. The number of fused-ring (bicyclic) bond motifs is 1. The van der Waals surface area contributed by atoms with E-state index in [0.29, 0.717) is 67.6 Å². The summed E-state index contributed by atoms with van der Waals surface area (Å²) in [5.41, 5.74) is 6.68. The molecule has 1 amide bonds. The van der Waals surface area contributed by atoms with Crippen LogP contribution in [-0.4, -0.2) is 16.8 Å². The van der Waals surface area contributed by atoms with Crippen molar-refractivity contribution in [2.24, 2.45) is 5.73 Å². The monoisotopic (exact) mass is 605 g/mol. The van der Waals surface area contributed by atoms with Crippen molar-refractivity contribution in [3.05, 3.63) is 68.5 Å². The van der Waals surface area contributed by atoms with E-state index < -0.39 is 0 Å².